The smallest absolute Gasteiger partial charge is 0.248 e. The molecule has 0 radical (unpaired) electrons. The number of carbonyl (C=O) groups is 2. The maximum Gasteiger partial charge on any atom is 0.248 e. The van der Waals surface area contributed by atoms with Crippen molar-refractivity contribution in [3.8, 4) is 0 Å². The number of aryl methyl sites for hydroxylation is 1. The Kier molecular flexibility index (Phi) is 6.74. The molecule has 2 amide bonds. The maximum atomic E-state index is 11.9. The number of benzene rings is 3. The van der Waals surface area contributed by atoms with Gasteiger partial charge >= 0.3 is 0 Å². The molecule has 3 aromatic carbocycles. The molecule has 0 spiro atoms. The first-order valence-corrected chi connectivity index (χ1v) is 9.90. The van der Waals surface area contributed by atoms with Gasteiger partial charge in [0.1, 0.15) is 0 Å². The van der Waals surface area contributed by atoms with Crippen LogP contribution < -0.4 is 10.9 Å². The van der Waals surface area contributed by atoms with E-state index in [1.807, 2.05) is 30.3 Å². The molecular weight excluding hydrogens is 380 g/mol. The Balaban J connectivity index is 1.39. The van der Waals surface area contributed by atoms with Crippen LogP contribution in [0.25, 0.3) is 10.8 Å². The first-order valence-electron chi connectivity index (χ1n) is 8.54. The normalized spacial score (nSPS) is 10.6. The minimum absolute atomic E-state index is 0.215. The molecule has 6 heteroatoms. The Hall–Kier alpha value is -2.50. The van der Waals surface area contributed by atoms with Gasteiger partial charge in [0.05, 0.1) is 5.75 Å². The molecule has 0 saturated heterocycles. The predicted molar refractivity (Wildman–Crippen MR) is 111 cm³/mol. The van der Waals surface area contributed by atoms with Crippen LogP contribution in [-0.4, -0.2) is 17.6 Å². The lowest BCUT2D eigenvalue weighted by molar-refractivity contribution is -0.127. The van der Waals surface area contributed by atoms with Crippen LogP contribution in [0.5, 0.6) is 0 Å². The van der Waals surface area contributed by atoms with Gasteiger partial charge in [-0.05, 0) is 47.0 Å². The van der Waals surface area contributed by atoms with Gasteiger partial charge in [0.15, 0.2) is 0 Å². The van der Waals surface area contributed by atoms with Crippen LogP contribution in [0.2, 0.25) is 5.02 Å². The van der Waals surface area contributed by atoms with Crippen molar-refractivity contribution in [3.63, 3.8) is 0 Å². The Labute approximate surface area is 167 Å². The molecule has 0 fully saturated rings. The highest BCUT2D eigenvalue weighted by molar-refractivity contribution is 8.00. The van der Waals surface area contributed by atoms with E-state index in [0.717, 1.165) is 15.8 Å². The lowest BCUT2D eigenvalue weighted by atomic mass is 10.0. The average molecular weight is 399 g/mol. The molecule has 0 aliphatic heterocycles. The van der Waals surface area contributed by atoms with Crippen molar-refractivity contribution in [1.29, 1.82) is 0 Å². The quantitative estimate of drug-likeness (QED) is 0.479. The number of halogens is 1. The summed E-state index contributed by atoms with van der Waals surface area (Å²) in [7, 11) is 0. The number of rotatable bonds is 6. The zero-order valence-electron chi connectivity index (χ0n) is 14.6. The van der Waals surface area contributed by atoms with Crippen LogP contribution >= 0.6 is 23.4 Å². The Morgan fingerprint density at radius 3 is 2.33 bits per heavy atom. The number of hydrazine groups is 1. The fraction of sp³-hybridized carbons (Fsp3) is 0.143. The van der Waals surface area contributed by atoms with E-state index < -0.39 is 0 Å². The highest BCUT2D eigenvalue weighted by Gasteiger charge is 2.06. The largest absolute Gasteiger partial charge is 0.273 e. The van der Waals surface area contributed by atoms with Crippen molar-refractivity contribution in [3.05, 3.63) is 77.3 Å². The average Bonchev–Trinajstić information content (AvgIpc) is 2.70. The number of carbonyl (C=O) groups excluding carboxylic acids is 2. The van der Waals surface area contributed by atoms with Gasteiger partial charge in [0.25, 0.3) is 0 Å². The zero-order chi connectivity index (χ0) is 19.1. The molecule has 138 valence electrons. The molecular formula is C21H19ClN2O2S. The molecule has 0 saturated carbocycles. The number of hydrogen-bond acceptors (Lipinski definition) is 3. The Morgan fingerprint density at radius 1 is 0.852 bits per heavy atom. The molecule has 3 aromatic rings. The van der Waals surface area contributed by atoms with Crippen molar-refractivity contribution in [2.75, 3.05) is 5.75 Å². The van der Waals surface area contributed by atoms with Gasteiger partial charge in [-0.25, -0.2) is 0 Å². The summed E-state index contributed by atoms with van der Waals surface area (Å²) >= 11 is 7.20. The second-order valence-electron chi connectivity index (χ2n) is 6.02. The molecule has 3 rings (SSSR count). The second-order valence-corrected chi connectivity index (χ2v) is 7.51. The molecule has 2 N–H and O–H groups in total. The lowest BCUT2D eigenvalue weighted by Crippen LogP contribution is -2.42. The summed E-state index contributed by atoms with van der Waals surface area (Å²) in [6.07, 6.45) is 0.926. The molecule has 0 atom stereocenters. The first kappa shape index (κ1) is 19.3. The van der Waals surface area contributed by atoms with Gasteiger partial charge < -0.3 is 0 Å². The van der Waals surface area contributed by atoms with E-state index in [9.17, 15) is 9.59 Å². The van der Waals surface area contributed by atoms with Crippen molar-refractivity contribution in [1.82, 2.24) is 10.9 Å². The second kappa shape index (κ2) is 9.44. The third-order valence-electron chi connectivity index (χ3n) is 3.98. The van der Waals surface area contributed by atoms with Crippen molar-refractivity contribution in [2.24, 2.45) is 0 Å². The molecule has 0 aromatic heterocycles. The van der Waals surface area contributed by atoms with E-state index >= 15 is 0 Å². The van der Waals surface area contributed by atoms with Crippen LogP contribution in [-0.2, 0) is 16.0 Å². The Bertz CT molecular complexity index is 944. The van der Waals surface area contributed by atoms with Crippen molar-refractivity contribution in [2.45, 2.75) is 17.7 Å². The number of thioether (sulfide) groups is 1. The Morgan fingerprint density at radius 2 is 1.56 bits per heavy atom. The molecule has 0 heterocycles. The fourth-order valence-corrected chi connectivity index (χ4v) is 3.39. The zero-order valence-corrected chi connectivity index (χ0v) is 16.1. The van der Waals surface area contributed by atoms with Gasteiger partial charge in [-0.2, -0.15) is 0 Å². The van der Waals surface area contributed by atoms with Crippen LogP contribution in [0.1, 0.15) is 12.0 Å². The third kappa shape index (κ3) is 6.01. The third-order valence-corrected chi connectivity index (χ3v) is 5.24. The summed E-state index contributed by atoms with van der Waals surface area (Å²) in [5, 5.41) is 2.99. The monoisotopic (exact) mass is 398 g/mol. The van der Waals surface area contributed by atoms with E-state index in [-0.39, 0.29) is 17.6 Å². The summed E-state index contributed by atoms with van der Waals surface area (Å²) < 4.78 is 0. The van der Waals surface area contributed by atoms with Crippen LogP contribution in [0.3, 0.4) is 0 Å². The summed E-state index contributed by atoms with van der Waals surface area (Å²) in [5.74, 6) is -0.255. The van der Waals surface area contributed by atoms with Crippen LogP contribution in [0.15, 0.2) is 71.6 Å². The minimum atomic E-state index is -0.256. The predicted octanol–water partition coefficient (Wildman–Crippen LogP) is 4.37. The first-order chi connectivity index (χ1) is 13.1. The SMILES string of the molecule is O=C(CCc1ccc2ccccc2c1)NNC(=O)CSc1ccc(Cl)cc1. The van der Waals surface area contributed by atoms with Crippen molar-refractivity contribution < 1.29 is 9.59 Å². The van der Waals surface area contributed by atoms with E-state index in [4.69, 9.17) is 11.6 Å². The van der Waals surface area contributed by atoms with Crippen LogP contribution in [0.4, 0.5) is 0 Å². The van der Waals surface area contributed by atoms with E-state index in [2.05, 4.69) is 35.1 Å². The molecule has 4 nitrogen and oxygen atoms in total. The maximum absolute atomic E-state index is 11.9. The van der Waals surface area contributed by atoms with Gasteiger partial charge in [-0.3, -0.25) is 20.4 Å². The number of fused-ring (bicyclic) bond motifs is 1. The standard InChI is InChI=1S/C21H19ClN2O2S/c22-18-8-10-19(11-9-18)27-14-21(26)24-23-20(25)12-6-15-5-7-16-3-1-2-4-17(16)13-15/h1-5,7-11,13H,6,12,14H2,(H,23,25)(H,24,26). The minimum Gasteiger partial charge on any atom is -0.273 e. The summed E-state index contributed by atoms with van der Waals surface area (Å²) in [5.41, 5.74) is 6.00. The molecule has 27 heavy (non-hydrogen) atoms. The van der Waals surface area contributed by atoms with Gasteiger partial charge in [-0.1, -0.05) is 54.1 Å². The molecule has 0 aliphatic rings. The van der Waals surface area contributed by atoms with Crippen LogP contribution in [0, 0.1) is 0 Å². The number of hydrogen-bond donors (Lipinski definition) is 2. The lowest BCUT2D eigenvalue weighted by Gasteiger charge is -2.08. The molecule has 0 unspecified atom stereocenters. The van der Waals surface area contributed by atoms with Crippen molar-refractivity contribution >= 4 is 45.9 Å². The van der Waals surface area contributed by atoms with E-state index in [0.29, 0.717) is 17.9 Å². The molecule has 0 aliphatic carbocycles. The van der Waals surface area contributed by atoms with E-state index in [1.165, 1.54) is 17.1 Å². The number of amides is 2. The highest BCUT2D eigenvalue weighted by Crippen LogP contribution is 2.20. The van der Waals surface area contributed by atoms with Gasteiger partial charge in [0.2, 0.25) is 11.8 Å². The van der Waals surface area contributed by atoms with Gasteiger partial charge in [-0.15, -0.1) is 11.8 Å². The highest BCUT2D eigenvalue weighted by atomic mass is 35.5. The fourth-order valence-electron chi connectivity index (χ4n) is 2.57. The van der Waals surface area contributed by atoms with Gasteiger partial charge in [0, 0.05) is 16.3 Å². The summed E-state index contributed by atoms with van der Waals surface area (Å²) in [4.78, 5) is 24.7. The summed E-state index contributed by atoms with van der Waals surface area (Å²) in [6.45, 7) is 0. The van der Waals surface area contributed by atoms with E-state index in [1.54, 1.807) is 12.1 Å². The topological polar surface area (TPSA) is 58.2 Å². The number of nitrogens with one attached hydrogen (secondary N) is 2. The summed E-state index contributed by atoms with van der Waals surface area (Å²) in [6, 6.07) is 21.5. The molecule has 0 bridgehead atoms.